The fourth-order valence-corrected chi connectivity index (χ4v) is 9.63. The van der Waals surface area contributed by atoms with Gasteiger partial charge in [0.05, 0.1) is 11.0 Å². The molecule has 2 nitrogen and oxygen atoms in total. The molecule has 0 N–H and O–H groups in total. The SMILES string of the molecule is C/C=C\C1=C2C=CC=CC2CC(N(c2ccc(-c3cccc4c3-c3ccccc3C4(C)C)cc2)c2ccc3c4ccccc4n(-c4ccccc4)c3c2)=C1C. The highest BCUT2D eigenvalue weighted by atomic mass is 15.2. The second-order valence-electron chi connectivity index (χ2n) is 15.7. The van der Waals surface area contributed by atoms with E-state index >= 15 is 0 Å². The van der Waals surface area contributed by atoms with Gasteiger partial charge in [-0.2, -0.15) is 0 Å². The minimum atomic E-state index is -0.0374. The highest BCUT2D eigenvalue weighted by Crippen LogP contribution is 2.52. The van der Waals surface area contributed by atoms with Crippen molar-refractivity contribution in [3.05, 3.63) is 210 Å². The van der Waals surface area contributed by atoms with Crippen molar-refractivity contribution in [1.82, 2.24) is 4.57 Å². The van der Waals surface area contributed by atoms with E-state index in [0.717, 1.165) is 23.5 Å². The van der Waals surface area contributed by atoms with Crippen LogP contribution >= 0.6 is 0 Å². The summed E-state index contributed by atoms with van der Waals surface area (Å²) in [4.78, 5) is 2.53. The molecule has 2 heteroatoms. The minimum Gasteiger partial charge on any atom is -0.314 e. The average molecular weight is 709 g/mol. The first-order valence-electron chi connectivity index (χ1n) is 19.6. The summed E-state index contributed by atoms with van der Waals surface area (Å²) in [6, 6.07) is 51.8. The predicted molar refractivity (Wildman–Crippen MR) is 233 cm³/mol. The van der Waals surface area contributed by atoms with Gasteiger partial charge in [-0.3, -0.25) is 0 Å². The lowest BCUT2D eigenvalue weighted by atomic mass is 9.78. The average Bonchev–Trinajstić information content (AvgIpc) is 3.68. The number of rotatable bonds is 6. The van der Waals surface area contributed by atoms with Gasteiger partial charge in [0.1, 0.15) is 0 Å². The molecule has 1 unspecified atom stereocenters. The zero-order chi connectivity index (χ0) is 37.3. The van der Waals surface area contributed by atoms with E-state index in [1.54, 1.807) is 0 Å². The third kappa shape index (κ3) is 5.16. The van der Waals surface area contributed by atoms with Gasteiger partial charge in [0, 0.05) is 44.9 Å². The Balaban J connectivity index is 1.18. The van der Waals surface area contributed by atoms with Crippen molar-refractivity contribution >= 4 is 33.2 Å². The van der Waals surface area contributed by atoms with Crippen molar-refractivity contribution in [2.75, 3.05) is 4.90 Å². The number of benzene rings is 6. The van der Waals surface area contributed by atoms with E-state index in [9.17, 15) is 0 Å². The van der Waals surface area contributed by atoms with Gasteiger partial charge in [0.15, 0.2) is 0 Å². The molecule has 1 aromatic heterocycles. The van der Waals surface area contributed by atoms with E-state index < -0.39 is 0 Å². The maximum Gasteiger partial charge on any atom is 0.0561 e. The van der Waals surface area contributed by atoms with Crippen LogP contribution in [-0.4, -0.2) is 4.57 Å². The molecule has 0 spiro atoms. The lowest BCUT2D eigenvalue weighted by Crippen LogP contribution is -2.24. The summed E-state index contributed by atoms with van der Waals surface area (Å²) in [5.74, 6) is 0.312. The molecular weight excluding hydrogens is 665 g/mol. The van der Waals surface area contributed by atoms with Gasteiger partial charge in [-0.1, -0.05) is 147 Å². The van der Waals surface area contributed by atoms with Gasteiger partial charge in [-0.25, -0.2) is 0 Å². The summed E-state index contributed by atoms with van der Waals surface area (Å²) in [6.45, 7) is 9.15. The van der Waals surface area contributed by atoms with Crippen LogP contribution in [0.4, 0.5) is 11.4 Å². The minimum absolute atomic E-state index is 0.0374. The first-order chi connectivity index (χ1) is 26.9. The van der Waals surface area contributed by atoms with Crippen LogP contribution in [0.15, 0.2) is 198 Å². The number of fused-ring (bicyclic) bond motifs is 7. The van der Waals surface area contributed by atoms with Gasteiger partial charge in [0.2, 0.25) is 0 Å². The Bertz CT molecular complexity index is 2820. The van der Waals surface area contributed by atoms with Gasteiger partial charge in [-0.05, 0) is 113 Å². The van der Waals surface area contributed by atoms with E-state index in [4.69, 9.17) is 0 Å². The summed E-state index contributed by atoms with van der Waals surface area (Å²) in [5, 5.41) is 2.52. The van der Waals surface area contributed by atoms with E-state index in [0.29, 0.717) is 5.92 Å². The Hall–Kier alpha value is -6.38. The molecule has 0 fully saturated rings. The lowest BCUT2D eigenvalue weighted by molar-refractivity contribution is 0.660. The number of nitrogens with zero attached hydrogens (tertiary/aromatic N) is 2. The molecule has 10 rings (SSSR count). The number of hydrogen-bond donors (Lipinski definition) is 0. The van der Waals surface area contributed by atoms with E-state index in [1.165, 1.54) is 77.6 Å². The Labute approximate surface area is 324 Å². The third-order valence-electron chi connectivity index (χ3n) is 12.3. The molecule has 1 atom stereocenters. The number of aromatic nitrogens is 1. The van der Waals surface area contributed by atoms with Crippen LogP contribution in [0.3, 0.4) is 0 Å². The van der Waals surface area contributed by atoms with Gasteiger partial charge in [-0.15, -0.1) is 0 Å². The highest BCUT2D eigenvalue weighted by molar-refractivity contribution is 6.10. The van der Waals surface area contributed by atoms with Crippen molar-refractivity contribution in [2.24, 2.45) is 5.92 Å². The molecule has 266 valence electrons. The quantitative estimate of drug-likeness (QED) is 0.167. The van der Waals surface area contributed by atoms with Crippen molar-refractivity contribution in [1.29, 1.82) is 0 Å². The Kier molecular flexibility index (Phi) is 7.78. The topological polar surface area (TPSA) is 8.17 Å². The maximum absolute atomic E-state index is 2.53. The monoisotopic (exact) mass is 708 g/mol. The summed E-state index contributed by atoms with van der Waals surface area (Å²) in [7, 11) is 0. The standard InChI is InChI=1S/C53H44N2/c1-5-16-41-35(2)50(33-37-17-9-10-20-42(37)41)54(40-31-32-45-44-21-12-14-26-49(44)55(51(45)34-40)38-18-7-6-8-19-38)39-29-27-36(28-30-39)43-23-15-25-48-52(43)46-22-11-13-24-47(46)53(48,3)4/h5-32,34,37H,33H2,1-4H3/b16-5-. The van der Waals surface area contributed by atoms with Gasteiger partial charge < -0.3 is 9.47 Å². The summed E-state index contributed by atoms with van der Waals surface area (Å²) in [5.41, 5.74) is 19.3. The summed E-state index contributed by atoms with van der Waals surface area (Å²) in [6.07, 6.45) is 14.5. The van der Waals surface area contributed by atoms with E-state index in [1.807, 2.05) is 0 Å². The zero-order valence-corrected chi connectivity index (χ0v) is 31.9. The van der Waals surface area contributed by atoms with Crippen LogP contribution in [0.2, 0.25) is 0 Å². The molecular formula is C53H44N2. The van der Waals surface area contributed by atoms with Gasteiger partial charge in [0.25, 0.3) is 0 Å². The molecule has 0 bridgehead atoms. The van der Waals surface area contributed by atoms with Crippen molar-refractivity contribution < 1.29 is 0 Å². The predicted octanol–water partition coefficient (Wildman–Crippen LogP) is 14.2. The number of hydrogen-bond acceptors (Lipinski definition) is 1. The summed E-state index contributed by atoms with van der Waals surface area (Å²) < 4.78 is 2.42. The fraction of sp³-hybridized carbons (Fsp3) is 0.132. The molecule has 0 saturated carbocycles. The second kappa shape index (κ2) is 12.9. The van der Waals surface area contributed by atoms with E-state index in [-0.39, 0.29) is 5.41 Å². The normalized spacial score (nSPS) is 17.0. The smallest absolute Gasteiger partial charge is 0.0561 e. The molecule has 3 aliphatic rings. The molecule has 3 aliphatic carbocycles. The lowest BCUT2D eigenvalue weighted by Gasteiger charge is -2.36. The Morgan fingerprint density at radius 1 is 0.673 bits per heavy atom. The first-order valence-corrected chi connectivity index (χ1v) is 19.6. The molecule has 0 amide bonds. The second-order valence-corrected chi connectivity index (χ2v) is 15.7. The number of para-hydroxylation sites is 2. The van der Waals surface area contributed by atoms with E-state index in [2.05, 4.69) is 213 Å². The van der Waals surface area contributed by atoms with Crippen LogP contribution in [-0.2, 0) is 5.41 Å². The van der Waals surface area contributed by atoms with Crippen LogP contribution in [0.1, 0.15) is 45.2 Å². The van der Waals surface area contributed by atoms with Crippen molar-refractivity contribution in [3.63, 3.8) is 0 Å². The molecule has 0 saturated heterocycles. The van der Waals surface area contributed by atoms with Crippen LogP contribution in [0, 0.1) is 5.92 Å². The Morgan fingerprint density at radius 3 is 2.22 bits per heavy atom. The highest BCUT2D eigenvalue weighted by Gasteiger charge is 2.36. The summed E-state index contributed by atoms with van der Waals surface area (Å²) >= 11 is 0. The maximum atomic E-state index is 2.53. The first kappa shape index (κ1) is 33.2. The fourth-order valence-electron chi connectivity index (χ4n) is 9.63. The molecule has 7 aromatic rings. The Morgan fingerprint density at radius 2 is 1.38 bits per heavy atom. The number of anilines is 2. The van der Waals surface area contributed by atoms with Crippen LogP contribution < -0.4 is 4.90 Å². The number of allylic oxidation sites excluding steroid dienone is 10. The largest absolute Gasteiger partial charge is 0.314 e. The van der Waals surface area contributed by atoms with Crippen LogP contribution in [0.5, 0.6) is 0 Å². The molecule has 0 radical (unpaired) electrons. The van der Waals surface area contributed by atoms with Crippen molar-refractivity contribution in [2.45, 2.75) is 39.5 Å². The molecule has 6 aromatic carbocycles. The molecule has 0 aliphatic heterocycles. The van der Waals surface area contributed by atoms with Gasteiger partial charge >= 0.3 is 0 Å². The molecule has 1 heterocycles. The van der Waals surface area contributed by atoms with Crippen LogP contribution in [0.25, 0.3) is 49.7 Å². The molecule has 55 heavy (non-hydrogen) atoms. The third-order valence-corrected chi connectivity index (χ3v) is 12.3. The van der Waals surface area contributed by atoms with Crippen molar-refractivity contribution in [3.8, 4) is 27.9 Å². The zero-order valence-electron chi connectivity index (χ0n) is 31.9.